The summed E-state index contributed by atoms with van der Waals surface area (Å²) in [7, 11) is 0. The first-order chi connectivity index (χ1) is 13.3. The molecule has 1 aliphatic heterocycles. The Morgan fingerprint density at radius 2 is 2.14 bits per heavy atom. The summed E-state index contributed by atoms with van der Waals surface area (Å²) in [6.07, 6.45) is 0.668. The van der Waals surface area contributed by atoms with Gasteiger partial charge in [-0.25, -0.2) is 9.78 Å². The van der Waals surface area contributed by atoms with Crippen LogP contribution in [0.15, 0.2) is 38.4 Å². The quantitative estimate of drug-likeness (QED) is 0.240. The lowest BCUT2D eigenvalue weighted by molar-refractivity contribution is -0.140. The number of amides is 1. The van der Waals surface area contributed by atoms with E-state index in [2.05, 4.69) is 10.3 Å². The minimum Gasteiger partial charge on any atom is -0.480 e. The number of aldehydes is 1. The molecule has 1 aromatic rings. The van der Waals surface area contributed by atoms with Crippen molar-refractivity contribution in [3.05, 3.63) is 40.1 Å². The third-order valence-corrected chi connectivity index (χ3v) is 5.06. The van der Waals surface area contributed by atoms with Crippen molar-refractivity contribution in [3.63, 3.8) is 0 Å². The van der Waals surface area contributed by atoms with Crippen molar-refractivity contribution in [2.45, 2.75) is 17.9 Å². The number of thioether (sulfide) groups is 1. The Labute approximate surface area is 162 Å². The average molecular weight is 401 g/mol. The SMILES string of the molecule is CC(=O)NC(CSc1c2nc3cc(C=O)ccc3oc-2cc(=O)c1N)C(=O)O. The topological polar surface area (TPSA) is 153 Å². The Balaban J connectivity index is 2.09. The van der Waals surface area contributed by atoms with Crippen molar-refractivity contribution < 1.29 is 23.9 Å². The molecular weight excluding hydrogens is 386 g/mol. The van der Waals surface area contributed by atoms with Gasteiger partial charge in [-0.1, -0.05) is 0 Å². The van der Waals surface area contributed by atoms with Crippen LogP contribution in [0.4, 0.5) is 5.69 Å². The molecule has 1 atom stereocenters. The lowest BCUT2D eigenvalue weighted by Gasteiger charge is -2.16. The highest BCUT2D eigenvalue weighted by Crippen LogP contribution is 2.36. The molecule has 144 valence electrons. The highest BCUT2D eigenvalue weighted by molar-refractivity contribution is 7.99. The molecule has 0 saturated heterocycles. The summed E-state index contributed by atoms with van der Waals surface area (Å²) in [4.78, 5) is 50.4. The van der Waals surface area contributed by atoms with Gasteiger partial charge in [0, 0.05) is 24.3 Å². The number of rotatable bonds is 6. The number of nitrogens with one attached hydrogen (secondary N) is 1. The van der Waals surface area contributed by atoms with Gasteiger partial charge in [-0.05, 0) is 18.2 Å². The Hall–Kier alpha value is -3.40. The summed E-state index contributed by atoms with van der Waals surface area (Å²) in [5.74, 6) is -1.61. The second-order valence-electron chi connectivity index (χ2n) is 5.93. The minimum atomic E-state index is -1.22. The van der Waals surface area contributed by atoms with E-state index in [1.165, 1.54) is 19.1 Å². The molecule has 0 bridgehead atoms. The fourth-order valence-corrected chi connectivity index (χ4v) is 3.65. The van der Waals surface area contributed by atoms with Gasteiger partial charge in [-0.2, -0.15) is 0 Å². The summed E-state index contributed by atoms with van der Waals surface area (Å²) in [6, 6.07) is 4.68. The van der Waals surface area contributed by atoms with Gasteiger partial charge in [-0.3, -0.25) is 14.4 Å². The summed E-state index contributed by atoms with van der Waals surface area (Å²) < 4.78 is 5.71. The molecule has 10 heteroatoms. The maximum absolute atomic E-state index is 12.2. The Morgan fingerprint density at radius 1 is 1.39 bits per heavy atom. The van der Waals surface area contributed by atoms with Gasteiger partial charge in [-0.15, -0.1) is 11.8 Å². The number of hydrogen-bond donors (Lipinski definition) is 3. The molecular formula is C18H15N3O6S. The third-order valence-electron chi connectivity index (χ3n) is 3.86. The highest BCUT2D eigenvalue weighted by atomic mass is 32.2. The van der Waals surface area contributed by atoms with Gasteiger partial charge in [0.1, 0.15) is 23.5 Å². The van der Waals surface area contributed by atoms with Crippen molar-refractivity contribution in [3.8, 4) is 11.5 Å². The number of carboxylic acids is 1. The zero-order valence-electron chi connectivity index (χ0n) is 14.6. The van der Waals surface area contributed by atoms with Gasteiger partial charge in [0.25, 0.3) is 0 Å². The number of carbonyl (C=O) groups is 3. The first-order valence-corrected chi connectivity index (χ1v) is 9.03. The fourth-order valence-electron chi connectivity index (χ4n) is 2.55. The smallest absolute Gasteiger partial charge is 0.327 e. The third kappa shape index (κ3) is 3.81. The molecule has 3 rings (SSSR count). The zero-order chi connectivity index (χ0) is 20.4. The summed E-state index contributed by atoms with van der Waals surface area (Å²) >= 11 is 0.975. The van der Waals surface area contributed by atoms with Crippen LogP contribution in [0.3, 0.4) is 0 Å². The van der Waals surface area contributed by atoms with E-state index >= 15 is 0 Å². The number of carboxylic acid groups (broad SMARTS) is 1. The molecule has 0 fully saturated rings. The van der Waals surface area contributed by atoms with E-state index in [0.717, 1.165) is 11.8 Å². The molecule has 1 aromatic carbocycles. The van der Waals surface area contributed by atoms with E-state index in [1.807, 2.05) is 0 Å². The molecule has 2 aliphatic rings. The van der Waals surface area contributed by atoms with E-state index in [9.17, 15) is 24.3 Å². The number of nitrogens with two attached hydrogens (primary N) is 1. The Kier molecular flexibility index (Phi) is 5.32. The van der Waals surface area contributed by atoms with Crippen LogP contribution in [-0.4, -0.2) is 40.0 Å². The molecule has 9 nitrogen and oxygen atoms in total. The lowest BCUT2D eigenvalue weighted by Crippen LogP contribution is -2.41. The van der Waals surface area contributed by atoms with Gasteiger partial charge in [0.2, 0.25) is 11.3 Å². The minimum absolute atomic E-state index is 0.0776. The van der Waals surface area contributed by atoms with Crippen LogP contribution < -0.4 is 16.5 Å². The maximum Gasteiger partial charge on any atom is 0.327 e. The van der Waals surface area contributed by atoms with Crippen LogP contribution in [-0.2, 0) is 9.59 Å². The van der Waals surface area contributed by atoms with Crippen molar-refractivity contribution in [1.82, 2.24) is 10.3 Å². The molecule has 1 heterocycles. The Bertz CT molecular complexity index is 1130. The average Bonchev–Trinajstić information content (AvgIpc) is 2.65. The molecule has 0 spiro atoms. The van der Waals surface area contributed by atoms with Crippen molar-refractivity contribution in [1.29, 1.82) is 0 Å². The number of nitrogen functional groups attached to an aromatic ring is 1. The van der Waals surface area contributed by atoms with Crippen molar-refractivity contribution >= 4 is 46.7 Å². The number of anilines is 1. The highest BCUT2D eigenvalue weighted by Gasteiger charge is 2.24. The van der Waals surface area contributed by atoms with Gasteiger partial charge in [0.15, 0.2) is 11.3 Å². The largest absolute Gasteiger partial charge is 0.480 e. The second-order valence-corrected chi connectivity index (χ2v) is 6.96. The van der Waals surface area contributed by atoms with Gasteiger partial charge >= 0.3 is 5.97 Å². The molecule has 0 saturated carbocycles. The number of aliphatic carboxylic acids is 1. The molecule has 1 aliphatic carbocycles. The number of hydrogen-bond acceptors (Lipinski definition) is 8. The number of carbonyl (C=O) groups excluding carboxylic acids is 2. The standard InChI is InChI=1S/C18H15N3O6S/c1-8(23)20-11(18(25)26)7-28-17-15(19)12(24)5-14-16(17)21-10-4-9(6-22)2-3-13(10)27-14/h2-6,11H,7,19H2,1H3,(H,20,23)(H,25,26). The van der Waals surface area contributed by atoms with Gasteiger partial charge < -0.3 is 20.6 Å². The van der Waals surface area contributed by atoms with E-state index in [-0.39, 0.29) is 27.8 Å². The molecule has 0 radical (unpaired) electrons. The number of aromatic nitrogens is 1. The fraction of sp³-hybridized carbons (Fsp3) is 0.167. The first-order valence-electron chi connectivity index (χ1n) is 8.05. The van der Waals surface area contributed by atoms with E-state index in [1.54, 1.807) is 12.1 Å². The molecule has 0 aromatic heterocycles. The molecule has 1 unspecified atom stereocenters. The zero-order valence-corrected chi connectivity index (χ0v) is 15.4. The van der Waals surface area contributed by atoms with Crippen molar-refractivity contribution in [2.75, 3.05) is 11.5 Å². The molecule has 1 amide bonds. The van der Waals surface area contributed by atoms with Crippen molar-refractivity contribution in [2.24, 2.45) is 0 Å². The van der Waals surface area contributed by atoms with Crippen LogP contribution in [0.5, 0.6) is 0 Å². The number of benzene rings is 2. The van der Waals surface area contributed by atoms with E-state index < -0.39 is 23.3 Å². The first kappa shape index (κ1) is 19.4. The summed E-state index contributed by atoms with van der Waals surface area (Å²) in [5, 5.41) is 11.6. The van der Waals surface area contributed by atoms with Crippen LogP contribution in [0.1, 0.15) is 17.3 Å². The monoisotopic (exact) mass is 401 g/mol. The summed E-state index contributed by atoms with van der Waals surface area (Å²) in [6.45, 7) is 1.21. The predicted octanol–water partition coefficient (Wildman–Crippen LogP) is 1.37. The van der Waals surface area contributed by atoms with E-state index in [4.69, 9.17) is 10.2 Å². The maximum atomic E-state index is 12.2. The normalized spacial score (nSPS) is 12.0. The van der Waals surface area contributed by atoms with Crippen LogP contribution >= 0.6 is 11.8 Å². The number of fused-ring (bicyclic) bond motifs is 2. The second kappa shape index (κ2) is 7.69. The predicted molar refractivity (Wildman–Crippen MR) is 103 cm³/mol. The molecule has 4 N–H and O–H groups in total. The summed E-state index contributed by atoms with van der Waals surface area (Å²) in [5.41, 5.74) is 6.74. The van der Waals surface area contributed by atoms with Crippen LogP contribution in [0.25, 0.3) is 22.6 Å². The Morgan fingerprint density at radius 3 is 2.79 bits per heavy atom. The molecule has 28 heavy (non-hydrogen) atoms. The van der Waals surface area contributed by atoms with Crippen LogP contribution in [0, 0.1) is 0 Å². The van der Waals surface area contributed by atoms with Gasteiger partial charge in [0.05, 0.1) is 10.6 Å². The van der Waals surface area contributed by atoms with E-state index in [0.29, 0.717) is 22.9 Å². The lowest BCUT2D eigenvalue weighted by atomic mass is 10.1. The van der Waals surface area contributed by atoms with Crippen LogP contribution in [0.2, 0.25) is 0 Å². The number of nitrogens with zero attached hydrogens (tertiary/aromatic N) is 1.